The smallest absolute Gasteiger partial charge is 0.0462 e. The molecule has 45 heavy (non-hydrogen) atoms. The normalized spacial score (nSPS) is 11.6. The van der Waals surface area contributed by atoms with Gasteiger partial charge >= 0.3 is 0 Å². The van der Waals surface area contributed by atoms with Crippen molar-refractivity contribution >= 4 is 38.6 Å². The molecule has 1 aliphatic carbocycles. The monoisotopic (exact) mass is 571 g/mol. The molecule has 0 radical (unpaired) electrons. The lowest BCUT2D eigenvalue weighted by molar-refractivity contribution is 1.28. The molecule has 0 fully saturated rings. The van der Waals surface area contributed by atoms with E-state index in [9.17, 15) is 0 Å². The SMILES string of the molecule is c1ccc(-c2ccc(N(c3ccccc3)c3ccc(-c4ccc5c6c(cccc46)-c4cc6ccccc6cc4-5)cc3)cc2)cc1. The number of anilines is 3. The molecule has 1 heteroatoms. The maximum absolute atomic E-state index is 2.36. The van der Waals surface area contributed by atoms with E-state index >= 15 is 0 Å². The van der Waals surface area contributed by atoms with Crippen molar-refractivity contribution in [3.8, 4) is 44.5 Å². The third-order valence-electron chi connectivity index (χ3n) is 9.19. The minimum atomic E-state index is 1.13. The van der Waals surface area contributed by atoms with Crippen molar-refractivity contribution in [3.05, 3.63) is 176 Å². The van der Waals surface area contributed by atoms with Gasteiger partial charge in [0, 0.05) is 17.1 Å². The van der Waals surface area contributed by atoms with Gasteiger partial charge in [0.05, 0.1) is 0 Å². The summed E-state index contributed by atoms with van der Waals surface area (Å²) in [7, 11) is 0. The second kappa shape index (κ2) is 10.4. The van der Waals surface area contributed by atoms with Crippen LogP contribution in [0.25, 0.3) is 66.1 Å². The molecule has 0 atom stereocenters. The predicted molar refractivity (Wildman–Crippen MR) is 191 cm³/mol. The average Bonchev–Trinajstić information content (AvgIpc) is 3.43. The molecule has 9 rings (SSSR count). The highest BCUT2D eigenvalue weighted by Gasteiger charge is 2.23. The molecule has 0 aliphatic heterocycles. The van der Waals surface area contributed by atoms with Crippen molar-refractivity contribution in [3.63, 3.8) is 0 Å². The zero-order chi connectivity index (χ0) is 29.7. The predicted octanol–water partition coefficient (Wildman–Crippen LogP) is 12.4. The van der Waals surface area contributed by atoms with Crippen LogP contribution < -0.4 is 4.90 Å². The van der Waals surface area contributed by atoms with Crippen molar-refractivity contribution in [2.24, 2.45) is 0 Å². The van der Waals surface area contributed by atoms with Gasteiger partial charge in [0.25, 0.3) is 0 Å². The molecule has 0 saturated carbocycles. The van der Waals surface area contributed by atoms with Crippen LogP contribution in [0.2, 0.25) is 0 Å². The van der Waals surface area contributed by atoms with Crippen LogP contribution in [0.15, 0.2) is 176 Å². The molecule has 0 bridgehead atoms. The topological polar surface area (TPSA) is 3.24 Å². The number of fused-ring (bicyclic) bond motifs is 4. The van der Waals surface area contributed by atoms with E-state index in [0.717, 1.165) is 17.1 Å². The number of hydrogen-bond donors (Lipinski definition) is 0. The van der Waals surface area contributed by atoms with Gasteiger partial charge in [0.1, 0.15) is 0 Å². The Labute approximate surface area is 263 Å². The summed E-state index contributed by atoms with van der Waals surface area (Å²) in [6.45, 7) is 0. The van der Waals surface area contributed by atoms with Gasteiger partial charge in [-0.1, -0.05) is 127 Å². The van der Waals surface area contributed by atoms with Crippen LogP contribution in [0.4, 0.5) is 17.1 Å². The molecule has 0 spiro atoms. The van der Waals surface area contributed by atoms with Crippen molar-refractivity contribution in [1.82, 2.24) is 0 Å². The van der Waals surface area contributed by atoms with Gasteiger partial charge in [-0.05, 0) is 115 Å². The van der Waals surface area contributed by atoms with E-state index in [1.54, 1.807) is 0 Å². The van der Waals surface area contributed by atoms with Gasteiger partial charge in [-0.3, -0.25) is 0 Å². The Hall–Kier alpha value is -5.92. The van der Waals surface area contributed by atoms with Crippen LogP contribution in [-0.4, -0.2) is 0 Å². The van der Waals surface area contributed by atoms with Crippen molar-refractivity contribution in [1.29, 1.82) is 0 Å². The average molecular weight is 572 g/mol. The first-order valence-corrected chi connectivity index (χ1v) is 15.5. The summed E-state index contributed by atoms with van der Waals surface area (Å²) in [5.74, 6) is 0. The zero-order valence-electron chi connectivity index (χ0n) is 24.7. The number of para-hydroxylation sites is 1. The molecule has 1 aliphatic rings. The molecule has 0 heterocycles. The Balaban J connectivity index is 1.12. The summed E-state index contributed by atoms with van der Waals surface area (Å²) in [4.78, 5) is 2.33. The fourth-order valence-electron chi connectivity index (χ4n) is 7.04. The van der Waals surface area contributed by atoms with Crippen molar-refractivity contribution in [2.75, 3.05) is 4.90 Å². The molecular weight excluding hydrogens is 542 g/mol. The van der Waals surface area contributed by atoms with E-state index in [0.29, 0.717) is 0 Å². The van der Waals surface area contributed by atoms with Crippen LogP contribution >= 0.6 is 0 Å². The first kappa shape index (κ1) is 25.6. The van der Waals surface area contributed by atoms with Gasteiger partial charge in [0.15, 0.2) is 0 Å². The lowest BCUT2D eigenvalue weighted by Gasteiger charge is -2.26. The van der Waals surface area contributed by atoms with Gasteiger partial charge < -0.3 is 4.90 Å². The molecule has 1 nitrogen and oxygen atoms in total. The standard InChI is InChI=1S/C44H29N/c1-3-10-30(11-4-1)31-18-22-36(23-19-31)45(35-14-5-2-6-15-35)37-24-20-32(21-25-37)38-26-27-41-43-29-34-13-8-7-12-33(34)28-42(43)40-17-9-16-39(38)44(40)41/h1-29H. The van der Waals surface area contributed by atoms with Crippen LogP contribution in [0.1, 0.15) is 0 Å². The third kappa shape index (κ3) is 4.24. The maximum Gasteiger partial charge on any atom is 0.0462 e. The summed E-state index contributed by atoms with van der Waals surface area (Å²) < 4.78 is 0. The lowest BCUT2D eigenvalue weighted by atomic mass is 9.94. The summed E-state index contributed by atoms with van der Waals surface area (Å²) >= 11 is 0. The van der Waals surface area contributed by atoms with Crippen molar-refractivity contribution in [2.45, 2.75) is 0 Å². The highest BCUT2D eigenvalue weighted by Crippen LogP contribution is 2.50. The number of benzene rings is 8. The van der Waals surface area contributed by atoms with E-state index in [1.165, 1.54) is 66.1 Å². The molecular formula is C44H29N. The number of hydrogen-bond acceptors (Lipinski definition) is 1. The number of nitrogens with zero attached hydrogens (tertiary/aromatic N) is 1. The second-order valence-corrected chi connectivity index (χ2v) is 11.8. The second-order valence-electron chi connectivity index (χ2n) is 11.8. The quantitative estimate of drug-likeness (QED) is 0.199. The van der Waals surface area contributed by atoms with E-state index in [1.807, 2.05) is 0 Å². The van der Waals surface area contributed by atoms with E-state index in [2.05, 4.69) is 181 Å². The van der Waals surface area contributed by atoms with E-state index in [4.69, 9.17) is 0 Å². The van der Waals surface area contributed by atoms with E-state index < -0.39 is 0 Å². The first-order chi connectivity index (χ1) is 22.3. The molecule has 0 amide bonds. The van der Waals surface area contributed by atoms with E-state index in [-0.39, 0.29) is 0 Å². The van der Waals surface area contributed by atoms with Crippen LogP contribution in [0.3, 0.4) is 0 Å². The minimum absolute atomic E-state index is 1.13. The number of rotatable bonds is 5. The largest absolute Gasteiger partial charge is 0.311 e. The lowest BCUT2D eigenvalue weighted by Crippen LogP contribution is -2.09. The maximum atomic E-state index is 2.36. The highest BCUT2D eigenvalue weighted by atomic mass is 15.1. The fourth-order valence-corrected chi connectivity index (χ4v) is 7.04. The highest BCUT2D eigenvalue weighted by molar-refractivity contribution is 6.20. The van der Waals surface area contributed by atoms with Crippen LogP contribution in [-0.2, 0) is 0 Å². The molecule has 0 unspecified atom stereocenters. The summed E-state index contributed by atoms with van der Waals surface area (Å²) in [5.41, 5.74) is 13.6. The molecule has 8 aromatic carbocycles. The Morgan fingerprint density at radius 1 is 0.289 bits per heavy atom. The van der Waals surface area contributed by atoms with Gasteiger partial charge in [-0.2, -0.15) is 0 Å². The molecule has 210 valence electrons. The van der Waals surface area contributed by atoms with Crippen LogP contribution in [0, 0.1) is 0 Å². The molecule has 0 N–H and O–H groups in total. The molecule has 8 aromatic rings. The molecule has 0 saturated heterocycles. The third-order valence-corrected chi connectivity index (χ3v) is 9.19. The fraction of sp³-hybridized carbons (Fsp3) is 0. The van der Waals surface area contributed by atoms with Gasteiger partial charge in [-0.25, -0.2) is 0 Å². The Morgan fingerprint density at radius 2 is 0.778 bits per heavy atom. The summed E-state index contributed by atoms with van der Waals surface area (Å²) in [6, 6.07) is 63.8. The van der Waals surface area contributed by atoms with Gasteiger partial charge in [-0.15, -0.1) is 0 Å². The van der Waals surface area contributed by atoms with Crippen LogP contribution in [0.5, 0.6) is 0 Å². The zero-order valence-corrected chi connectivity index (χ0v) is 24.7. The minimum Gasteiger partial charge on any atom is -0.311 e. The Bertz CT molecular complexity index is 2290. The Kier molecular flexibility index (Phi) is 5.89. The summed E-state index contributed by atoms with van der Waals surface area (Å²) in [5, 5.41) is 5.23. The Morgan fingerprint density at radius 3 is 1.42 bits per heavy atom. The van der Waals surface area contributed by atoms with Gasteiger partial charge in [0.2, 0.25) is 0 Å². The summed E-state index contributed by atoms with van der Waals surface area (Å²) in [6.07, 6.45) is 0. The molecule has 0 aromatic heterocycles. The van der Waals surface area contributed by atoms with Crippen molar-refractivity contribution < 1.29 is 0 Å². The first-order valence-electron chi connectivity index (χ1n) is 15.5.